The van der Waals surface area contributed by atoms with Crippen LogP contribution in [0.5, 0.6) is 0 Å². The molecule has 11 heavy (non-hydrogen) atoms. The maximum atomic E-state index is 11.3. The van der Waals surface area contributed by atoms with E-state index in [4.69, 9.17) is 10.8 Å². The third kappa shape index (κ3) is 1.70. The largest absolute Gasteiger partial charge is 0.395 e. The molecule has 0 unspecified atom stereocenters. The number of amides is 1. The second-order valence-electron chi connectivity index (χ2n) is 3.11. The molecule has 0 heterocycles. The summed E-state index contributed by atoms with van der Waals surface area (Å²) >= 11 is 0. The number of rotatable bonds is 3. The Morgan fingerprint density at radius 1 is 1.73 bits per heavy atom. The molecule has 0 aromatic carbocycles. The number of nitrogens with two attached hydrogens (primary N) is 1. The fourth-order valence-corrected chi connectivity index (χ4v) is 0.980. The zero-order valence-corrected chi connectivity index (χ0v) is 6.71. The Kier molecular flexibility index (Phi) is 2.15. The smallest absolute Gasteiger partial charge is 0.242 e. The predicted octanol–water partition coefficient (Wildman–Crippen LogP) is -1.07. The Morgan fingerprint density at radius 3 is 2.64 bits per heavy atom. The first-order chi connectivity index (χ1) is 5.10. The number of hydrogen-bond donors (Lipinski definition) is 2. The molecule has 4 heteroatoms. The maximum Gasteiger partial charge on any atom is 0.242 e. The highest BCUT2D eigenvalue weighted by atomic mass is 16.3. The van der Waals surface area contributed by atoms with Crippen LogP contribution in [0.3, 0.4) is 0 Å². The monoisotopic (exact) mass is 158 g/mol. The Morgan fingerprint density at radius 2 is 2.27 bits per heavy atom. The van der Waals surface area contributed by atoms with Crippen molar-refractivity contribution in [2.24, 2.45) is 5.73 Å². The number of carbonyl (C=O) groups is 1. The van der Waals surface area contributed by atoms with Crippen molar-refractivity contribution in [3.05, 3.63) is 0 Å². The first-order valence-corrected chi connectivity index (χ1v) is 3.75. The van der Waals surface area contributed by atoms with Gasteiger partial charge in [-0.15, -0.1) is 0 Å². The lowest BCUT2D eigenvalue weighted by molar-refractivity contribution is -0.132. The van der Waals surface area contributed by atoms with Crippen molar-refractivity contribution in [1.82, 2.24) is 4.90 Å². The third-order valence-electron chi connectivity index (χ3n) is 2.00. The van der Waals surface area contributed by atoms with Crippen molar-refractivity contribution in [3.8, 4) is 0 Å². The van der Waals surface area contributed by atoms with Crippen LogP contribution in [-0.2, 0) is 4.79 Å². The number of likely N-dealkylation sites (N-methyl/N-ethyl adjacent to an activating group) is 1. The molecule has 1 amide bonds. The zero-order valence-electron chi connectivity index (χ0n) is 6.71. The van der Waals surface area contributed by atoms with E-state index in [2.05, 4.69) is 0 Å². The summed E-state index contributed by atoms with van der Waals surface area (Å²) in [5.74, 6) is -0.0495. The van der Waals surface area contributed by atoms with Gasteiger partial charge in [0.2, 0.25) is 5.91 Å². The van der Waals surface area contributed by atoms with E-state index in [1.807, 2.05) is 0 Å². The van der Waals surface area contributed by atoms with Gasteiger partial charge in [0.15, 0.2) is 0 Å². The molecule has 1 aliphatic rings. The minimum atomic E-state index is -0.593. The minimum Gasteiger partial charge on any atom is -0.395 e. The molecule has 0 saturated heterocycles. The van der Waals surface area contributed by atoms with Gasteiger partial charge >= 0.3 is 0 Å². The van der Waals surface area contributed by atoms with E-state index in [1.54, 1.807) is 7.05 Å². The Balaban J connectivity index is 2.40. The summed E-state index contributed by atoms with van der Waals surface area (Å²) in [7, 11) is 1.66. The highest BCUT2D eigenvalue weighted by molar-refractivity contribution is 5.88. The van der Waals surface area contributed by atoms with Gasteiger partial charge in [0, 0.05) is 13.6 Å². The molecule has 1 rings (SSSR count). The van der Waals surface area contributed by atoms with E-state index >= 15 is 0 Å². The summed E-state index contributed by atoms with van der Waals surface area (Å²) in [6, 6.07) is 0. The van der Waals surface area contributed by atoms with Gasteiger partial charge in [0.25, 0.3) is 0 Å². The van der Waals surface area contributed by atoms with E-state index in [9.17, 15) is 4.79 Å². The van der Waals surface area contributed by atoms with Crippen LogP contribution in [-0.4, -0.2) is 41.7 Å². The number of aliphatic hydroxyl groups is 1. The average Bonchev–Trinajstić information content (AvgIpc) is 2.68. The molecule has 4 nitrogen and oxygen atoms in total. The average molecular weight is 158 g/mol. The molecule has 0 bridgehead atoms. The molecule has 0 aromatic heterocycles. The van der Waals surface area contributed by atoms with Crippen molar-refractivity contribution in [2.75, 3.05) is 20.2 Å². The molecule has 64 valence electrons. The standard InChI is InChI=1S/C7H14N2O2/c1-9(4-5-10)6(11)7(8)2-3-7/h10H,2-5,8H2,1H3. The summed E-state index contributed by atoms with van der Waals surface area (Å²) in [6.07, 6.45) is 1.56. The van der Waals surface area contributed by atoms with Crippen LogP contribution in [0.4, 0.5) is 0 Å². The third-order valence-corrected chi connectivity index (χ3v) is 2.00. The van der Waals surface area contributed by atoms with Crippen LogP contribution in [0.1, 0.15) is 12.8 Å². The van der Waals surface area contributed by atoms with Gasteiger partial charge in [0.05, 0.1) is 12.1 Å². The van der Waals surface area contributed by atoms with Crippen LogP contribution in [0.25, 0.3) is 0 Å². The zero-order chi connectivity index (χ0) is 8.48. The molecule has 0 radical (unpaired) electrons. The van der Waals surface area contributed by atoms with Crippen LogP contribution in [0.15, 0.2) is 0 Å². The molecule has 3 N–H and O–H groups in total. The van der Waals surface area contributed by atoms with Crippen LogP contribution in [0, 0.1) is 0 Å². The second-order valence-corrected chi connectivity index (χ2v) is 3.11. The van der Waals surface area contributed by atoms with E-state index in [-0.39, 0.29) is 12.5 Å². The summed E-state index contributed by atoms with van der Waals surface area (Å²) in [5.41, 5.74) is 5.06. The predicted molar refractivity (Wildman–Crippen MR) is 40.9 cm³/mol. The lowest BCUT2D eigenvalue weighted by Crippen LogP contribution is -2.44. The van der Waals surface area contributed by atoms with Crippen molar-refractivity contribution < 1.29 is 9.90 Å². The first kappa shape index (κ1) is 8.49. The first-order valence-electron chi connectivity index (χ1n) is 3.75. The Bertz CT molecular complexity index is 166. The number of hydrogen-bond acceptors (Lipinski definition) is 3. The molecule has 0 aromatic rings. The molecule has 0 atom stereocenters. The summed E-state index contributed by atoms with van der Waals surface area (Å²) in [4.78, 5) is 12.8. The van der Waals surface area contributed by atoms with Crippen LogP contribution in [0.2, 0.25) is 0 Å². The molecular formula is C7H14N2O2. The fraction of sp³-hybridized carbons (Fsp3) is 0.857. The van der Waals surface area contributed by atoms with Gasteiger partial charge in [-0.05, 0) is 12.8 Å². The minimum absolute atomic E-state index is 0.00167. The molecule has 1 aliphatic carbocycles. The van der Waals surface area contributed by atoms with Crippen molar-refractivity contribution >= 4 is 5.91 Å². The number of carbonyl (C=O) groups excluding carboxylic acids is 1. The number of aliphatic hydroxyl groups excluding tert-OH is 1. The van der Waals surface area contributed by atoms with Crippen molar-refractivity contribution in [3.63, 3.8) is 0 Å². The van der Waals surface area contributed by atoms with Crippen molar-refractivity contribution in [1.29, 1.82) is 0 Å². The summed E-state index contributed by atoms with van der Waals surface area (Å²) in [6.45, 7) is 0.371. The van der Waals surface area contributed by atoms with E-state index in [0.29, 0.717) is 6.54 Å². The highest BCUT2D eigenvalue weighted by Crippen LogP contribution is 2.33. The lowest BCUT2D eigenvalue weighted by atomic mass is 10.2. The SMILES string of the molecule is CN(CCO)C(=O)C1(N)CC1. The topological polar surface area (TPSA) is 66.6 Å². The molecule has 1 fully saturated rings. The highest BCUT2D eigenvalue weighted by Gasteiger charge is 2.47. The molecule has 1 saturated carbocycles. The summed E-state index contributed by atoms with van der Waals surface area (Å²) in [5, 5.41) is 8.54. The van der Waals surface area contributed by atoms with Crippen LogP contribution < -0.4 is 5.73 Å². The van der Waals surface area contributed by atoms with Gasteiger partial charge in [-0.2, -0.15) is 0 Å². The molecule has 0 spiro atoms. The van der Waals surface area contributed by atoms with E-state index in [0.717, 1.165) is 12.8 Å². The fourth-order valence-electron chi connectivity index (χ4n) is 0.980. The van der Waals surface area contributed by atoms with Gasteiger partial charge in [-0.3, -0.25) is 4.79 Å². The van der Waals surface area contributed by atoms with E-state index in [1.165, 1.54) is 4.90 Å². The maximum absolute atomic E-state index is 11.3. The number of nitrogens with zero attached hydrogens (tertiary/aromatic N) is 1. The Hall–Kier alpha value is -0.610. The Labute approximate surface area is 66.0 Å². The second kappa shape index (κ2) is 2.79. The normalized spacial score (nSPS) is 19.5. The molecular weight excluding hydrogens is 144 g/mol. The van der Waals surface area contributed by atoms with Crippen LogP contribution >= 0.6 is 0 Å². The molecule has 0 aliphatic heterocycles. The van der Waals surface area contributed by atoms with Gasteiger partial charge in [0.1, 0.15) is 0 Å². The lowest BCUT2D eigenvalue weighted by Gasteiger charge is -2.19. The van der Waals surface area contributed by atoms with Gasteiger partial charge in [-0.25, -0.2) is 0 Å². The summed E-state index contributed by atoms with van der Waals surface area (Å²) < 4.78 is 0. The van der Waals surface area contributed by atoms with Gasteiger partial charge in [-0.1, -0.05) is 0 Å². The van der Waals surface area contributed by atoms with E-state index < -0.39 is 5.54 Å². The van der Waals surface area contributed by atoms with Crippen molar-refractivity contribution in [2.45, 2.75) is 18.4 Å². The quantitative estimate of drug-likeness (QED) is 0.549. The van der Waals surface area contributed by atoms with Gasteiger partial charge < -0.3 is 15.7 Å².